The largest absolute Gasteiger partial charge is 0.481 e. The van der Waals surface area contributed by atoms with E-state index in [1.165, 1.54) is 30.9 Å². The molecule has 0 saturated carbocycles. The number of nitrogens with zero attached hydrogens (tertiary/aromatic N) is 2. The van der Waals surface area contributed by atoms with Crippen molar-refractivity contribution in [2.45, 2.75) is 11.3 Å². The van der Waals surface area contributed by atoms with Gasteiger partial charge in [0.1, 0.15) is 10.6 Å². The van der Waals surface area contributed by atoms with Crippen LogP contribution >= 0.6 is 0 Å². The van der Waals surface area contributed by atoms with Crippen LogP contribution in [0, 0.1) is 5.92 Å². The van der Waals surface area contributed by atoms with E-state index in [0.717, 1.165) is 9.87 Å². The van der Waals surface area contributed by atoms with Gasteiger partial charge in [0.15, 0.2) is 0 Å². The number of hydrogen-bond acceptors (Lipinski definition) is 4. The number of sulfonamides is 1. The second kappa shape index (κ2) is 8.36. The summed E-state index contributed by atoms with van der Waals surface area (Å²) in [4.78, 5) is 23.9. The van der Waals surface area contributed by atoms with Crippen LogP contribution in [-0.2, 0) is 28.3 Å². The Labute approximate surface area is 158 Å². The Hall–Kier alpha value is -2.65. The quantitative estimate of drug-likeness (QED) is 0.694. The van der Waals surface area contributed by atoms with Crippen molar-refractivity contribution in [3.63, 3.8) is 0 Å². The Kier molecular flexibility index (Phi) is 6.40. The molecule has 0 aliphatic rings. The Bertz CT molecular complexity index is 920. The number of benzene rings is 1. The van der Waals surface area contributed by atoms with Crippen LogP contribution < -0.4 is 5.32 Å². The summed E-state index contributed by atoms with van der Waals surface area (Å²) in [6.07, 6.45) is 1.63. The molecule has 2 aromatic rings. The fraction of sp³-hybridized carbons (Fsp3) is 0.333. The van der Waals surface area contributed by atoms with E-state index < -0.39 is 27.8 Å². The van der Waals surface area contributed by atoms with Crippen molar-refractivity contribution >= 4 is 21.9 Å². The van der Waals surface area contributed by atoms with E-state index in [0.29, 0.717) is 0 Å². The van der Waals surface area contributed by atoms with Gasteiger partial charge in [0, 0.05) is 33.9 Å². The van der Waals surface area contributed by atoms with Crippen LogP contribution in [0.3, 0.4) is 0 Å². The summed E-state index contributed by atoms with van der Waals surface area (Å²) in [5.74, 6) is -2.33. The Morgan fingerprint density at radius 3 is 2.41 bits per heavy atom. The van der Waals surface area contributed by atoms with Gasteiger partial charge in [0.2, 0.25) is 10.0 Å². The molecule has 0 aliphatic carbocycles. The molecule has 0 fully saturated rings. The molecule has 1 heterocycles. The van der Waals surface area contributed by atoms with E-state index in [1.807, 2.05) is 30.3 Å². The highest BCUT2D eigenvalue weighted by Crippen LogP contribution is 2.17. The van der Waals surface area contributed by atoms with Crippen molar-refractivity contribution in [2.75, 3.05) is 20.6 Å². The van der Waals surface area contributed by atoms with E-state index in [4.69, 9.17) is 0 Å². The molecular weight excluding hydrogens is 370 g/mol. The summed E-state index contributed by atoms with van der Waals surface area (Å²) in [5.41, 5.74) is 0.997. The lowest BCUT2D eigenvalue weighted by molar-refractivity contribution is -0.141. The van der Waals surface area contributed by atoms with Crippen LogP contribution in [0.4, 0.5) is 0 Å². The zero-order valence-electron chi connectivity index (χ0n) is 15.4. The fourth-order valence-corrected chi connectivity index (χ4v) is 3.54. The molecule has 27 heavy (non-hydrogen) atoms. The molecule has 1 unspecified atom stereocenters. The van der Waals surface area contributed by atoms with Crippen molar-refractivity contribution in [1.82, 2.24) is 14.2 Å². The van der Waals surface area contributed by atoms with Gasteiger partial charge in [-0.2, -0.15) is 0 Å². The highest BCUT2D eigenvalue weighted by molar-refractivity contribution is 7.89. The van der Waals surface area contributed by atoms with Crippen LogP contribution in [0.15, 0.2) is 47.5 Å². The van der Waals surface area contributed by atoms with Crippen LogP contribution in [0.2, 0.25) is 0 Å². The average Bonchev–Trinajstić information content (AvgIpc) is 3.01. The summed E-state index contributed by atoms with van der Waals surface area (Å²) in [5, 5.41) is 12.0. The zero-order chi connectivity index (χ0) is 20.2. The van der Waals surface area contributed by atoms with Crippen molar-refractivity contribution in [3.05, 3.63) is 53.9 Å². The second-order valence-corrected chi connectivity index (χ2v) is 8.55. The van der Waals surface area contributed by atoms with Crippen LogP contribution in [0.1, 0.15) is 16.1 Å². The Balaban J connectivity index is 2.10. The first kappa shape index (κ1) is 20.7. The van der Waals surface area contributed by atoms with E-state index in [-0.39, 0.29) is 23.6 Å². The Morgan fingerprint density at radius 2 is 1.85 bits per heavy atom. The van der Waals surface area contributed by atoms with Gasteiger partial charge in [0.25, 0.3) is 5.91 Å². The summed E-state index contributed by atoms with van der Waals surface area (Å²) >= 11 is 0. The minimum absolute atomic E-state index is 0.000722. The lowest BCUT2D eigenvalue weighted by Crippen LogP contribution is -2.34. The van der Waals surface area contributed by atoms with Gasteiger partial charge in [-0.05, 0) is 18.1 Å². The number of carbonyl (C=O) groups is 2. The maximum Gasteiger partial charge on any atom is 0.308 e. The lowest BCUT2D eigenvalue weighted by atomic mass is 9.99. The number of carboxylic acids is 1. The highest BCUT2D eigenvalue weighted by Gasteiger charge is 2.24. The molecule has 1 aromatic heterocycles. The maximum absolute atomic E-state index is 12.4. The van der Waals surface area contributed by atoms with Gasteiger partial charge in [-0.15, -0.1) is 0 Å². The third-order valence-corrected chi connectivity index (χ3v) is 5.95. The molecule has 146 valence electrons. The molecule has 2 rings (SSSR count). The van der Waals surface area contributed by atoms with E-state index >= 15 is 0 Å². The third-order valence-electron chi connectivity index (χ3n) is 4.17. The summed E-state index contributed by atoms with van der Waals surface area (Å²) < 4.78 is 26.8. The number of amides is 1. The predicted molar refractivity (Wildman–Crippen MR) is 99.9 cm³/mol. The summed E-state index contributed by atoms with van der Waals surface area (Å²) in [7, 11) is 0.710. The lowest BCUT2D eigenvalue weighted by Gasteiger charge is -2.13. The molecule has 0 radical (unpaired) electrons. The number of aryl methyl sites for hydroxylation is 1. The molecule has 1 amide bonds. The van der Waals surface area contributed by atoms with Gasteiger partial charge in [-0.3, -0.25) is 9.59 Å². The normalized spacial score (nSPS) is 12.7. The smallest absolute Gasteiger partial charge is 0.308 e. The van der Waals surface area contributed by atoms with Gasteiger partial charge >= 0.3 is 5.97 Å². The number of carbonyl (C=O) groups excluding carboxylic acids is 1. The number of carboxylic acid groups (broad SMARTS) is 1. The van der Waals surface area contributed by atoms with Crippen LogP contribution in [0.5, 0.6) is 0 Å². The SMILES string of the molecule is CN(C)S(=O)(=O)c1cc(C(=O)NCC(Cc2ccccc2)C(=O)O)n(C)c1. The van der Waals surface area contributed by atoms with Crippen molar-refractivity contribution in [1.29, 1.82) is 0 Å². The molecule has 2 N–H and O–H groups in total. The first-order valence-corrected chi connectivity index (χ1v) is 9.70. The third kappa shape index (κ3) is 4.95. The standard InChI is InChI=1S/C18H23N3O5S/c1-20(2)27(25,26)15-10-16(21(3)12-15)17(22)19-11-14(18(23)24)9-13-7-5-4-6-8-13/h4-8,10,12,14H,9,11H2,1-3H3,(H,19,22)(H,23,24). The predicted octanol–water partition coefficient (Wildman–Crippen LogP) is 0.949. The molecule has 8 nitrogen and oxygen atoms in total. The van der Waals surface area contributed by atoms with Crippen molar-refractivity contribution in [3.8, 4) is 0 Å². The fourth-order valence-electron chi connectivity index (χ4n) is 2.56. The van der Waals surface area contributed by atoms with Crippen LogP contribution in [0.25, 0.3) is 0 Å². The molecular formula is C18H23N3O5S. The number of rotatable bonds is 8. The monoisotopic (exact) mass is 393 g/mol. The molecule has 9 heteroatoms. The number of aliphatic carboxylic acids is 1. The molecule has 0 bridgehead atoms. The first-order chi connectivity index (χ1) is 12.6. The van der Waals surface area contributed by atoms with E-state index in [9.17, 15) is 23.1 Å². The van der Waals surface area contributed by atoms with Crippen LogP contribution in [-0.4, -0.2) is 54.9 Å². The minimum atomic E-state index is -3.66. The molecule has 0 saturated heterocycles. The molecule has 1 aromatic carbocycles. The van der Waals surface area contributed by atoms with Gasteiger partial charge in [-0.1, -0.05) is 30.3 Å². The molecule has 1 atom stereocenters. The highest BCUT2D eigenvalue weighted by atomic mass is 32.2. The number of hydrogen-bond donors (Lipinski definition) is 2. The summed E-state index contributed by atoms with van der Waals surface area (Å²) in [6, 6.07) is 10.4. The van der Waals surface area contributed by atoms with Gasteiger partial charge < -0.3 is 15.0 Å². The van der Waals surface area contributed by atoms with E-state index in [2.05, 4.69) is 5.32 Å². The summed E-state index contributed by atoms with van der Waals surface area (Å²) in [6.45, 7) is -0.0655. The maximum atomic E-state index is 12.4. The number of nitrogens with one attached hydrogen (secondary N) is 1. The van der Waals surface area contributed by atoms with E-state index in [1.54, 1.807) is 7.05 Å². The number of aromatic nitrogens is 1. The van der Waals surface area contributed by atoms with Crippen molar-refractivity contribution in [2.24, 2.45) is 13.0 Å². The molecule has 0 aliphatic heterocycles. The average molecular weight is 393 g/mol. The first-order valence-electron chi connectivity index (χ1n) is 8.26. The van der Waals surface area contributed by atoms with Gasteiger partial charge in [-0.25, -0.2) is 12.7 Å². The Morgan fingerprint density at radius 1 is 1.22 bits per heavy atom. The zero-order valence-corrected chi connectivity index (χ0v) is 16.2. The van der Waals surface area contributed by atoms with Crippen molar-refractivity contribution < 1.29 is 23.1 Å². The topological polar surface area (TPSA) is 109 Å². The second-order valence-electron chi connectivity index (χ2n) is 6.39. The molecule has 0 spiro atoms. The van der Waals surface area contributed by atoms with Gasteiger partial charge in [0.05, 0.1) is 5.92 Å². The minimum Gasteiger partial charge on any atom is -0.481 e.